The lowest BCUT2D eigenvalue weighted by molar-refractivity contribution is -0.124. The van der Waals surface area contributed by atoms with Crippen molar-refractivity contribution >= 4 is 35.0 Å². The van der Waals surface area contributed by atoms with Gasteiger partial charge in [0, 0.05) is 32.2 Å². The SMILES string of the molecule is CN(C(=O)c1ccccc1)[C@@](C)(CCN1CCC2(CC1)NC(=O)Cc1ccccc12)c1ccc(Cl)c(Cl)c1. The van der Waals surface area contributed by atoms with Crippen molar-refractivity contribution in [3.8, 4) is 0 Å². The van der Waals surface area contributed by atoms with Gasteiger partial charge in [0.15, 0.2) is 0 Å². The van der Waals surface area contributed by atoms with Gasteiger partial charge in [0.1, 0.15) is 0 Å². The Morgan fingerprint density at radius 2 is 1.68 bits per heavy atom. The highest BCUT2D eigenvalue weighted by atomic mass is 35.5. The van der Waals surface area contributed by atoms with Crippen molar-refractivity contribution in [3.05, 3.63) is 105 Å². The summed E-state index contributed by atoms with van der Waals surface area (Å²) < 4.78 is 0. The van der Waals surface area contributed by atoms with Crippen LogP contribution in [0.5, 0.6) is 0 Å². The number of hydrogen-bond acceptors (Lipinski definition) is 3. The molecule has 3 aromatic carbocycles. The van der Waals surface area contributed by atoms with Gasteiger partial charge in [-0.05, 0) is 67.1 Å². The number of halogens is 2. The Morgan fingerprint density at radius 3 is 2.39 bits per heavy atom. The van der Waals surface area contributed by atoms with E-state index in [1.165, 1.54) is 5.56 Å². The number of nitrogens with zero attached hydrogens (tertiary/aromatic N) is 2. The standard InChI is InChI=1S/C31H33Cl2N3O2/c1-30(24-12-13-26(32)27(33)21-24,35(2)29(38)22-8-4-3-5-9-22)14-17-36-18-15-31(16-19-36)25-11-7-6-10-23(25)20-28(37)34-31/h3-13,21H,14-20H2,1-2H3,(H,34,37)/t30-/m0/s1. The van der Waals surface area contributed by atoms with Gasteiger partial charge in [-0.3, -0.25) is 9.59 Å². The molecule has 0 saturated carbocycles. The van der Waals surface area contributed by atoms with E-state index in [0.717, 1.165) is 50.0 Å². The molecule has 5 rings (SSSR count). The molecule has 2 aliphatic heterocycles. The Morgan fingerprint density at radius 1 is 1.00 bits per heavy atom. The maximum absolute atomic E-state index is 13.5. The van der Waals surface area contributed by atoms with Gasteiger partial charge < -0.3 is 15.1 Å². The second-order valence-corrected chi connectivity index (χ2v) is 11.5. The van der Waals surface area contributed by atoms with E-state index in [1.54, 1.807) is 6.07 Å². The molecule has 1 fully saturated rings. The Kier molecular flexibility index (Phi) is 7.54. The van der Waals surface area contributed by atoms with Crippen LogP contribution in [0.4, 0.5) is 0 Å². The summed E-state index contributed by atoms with van der Waals surface area (Å²) in [6.45, 7) is 4.62. The van der Waals surface area contributed by atoms with Crippen LogP contribution < -0.4 is 5.32 Å². The highest BCUT2D eigenvalue weighted by Crippen LogP contribution is 2.39. The van der Waals surface area contributed by atoms with E-state index in [4.69, 9.17) is 23.2 Å². The summed E-state index contributed by atoms with van der Waals surface area (Å²) in [6.07, 6.45) is 2.89. The zero-order chi connectivity index (χ0) is 26.9. The van der Waals surface area contributed by atoms with Crippen molar-refractivity contribution in [1.29, 1.82) is 0 Å². The third-order valence-corrected chi connectivity index (χ3v) is 9.23. The number of carbonyl (C=O) groups excluding carboxylic acids is 2. The zero-order valence-corrected chi connectivity index (χ0v) is 23.4. The quantitative estimate of drug-likeness (QED) is 0.408. The lowest BCUT2D eigenvalue weighted by Gasteiger charge is -2.47. The molecule has 1 spiro atoms. The molecule has 1 saturated heterocycles. The van der Waals surface area contributed by atoms with Gasteiger partial charge in [-0.15, -0.1) is 0 Å². The summed E-state index contributed by atoms with van der Waals surface area (Å²) in [6, 6.07) is 23.3. The van der Waals surface area contributed by atoms with E-state index in [0.29, 0.717) is 22.0 Å². The van der Waals surface area contributed by atoms with Crippen LogP contribution in [0.15, 0.2) is 72.8 Å². The van der Waals surface area contributed by atoms with E-state index in [-0.39, 0.29) is 17.4 Å². The number of amides is 2. The van der Waals surface area contributed by atoms with Crippen LogP contribution in [-0.2, 0) is 22.3 Å². The van der Waals surface area contributed by atoms with Crippen LogP contribution >= 0.6 is 23.2 Å². The van der Waals surface area contributed by atoms with Gasteiger partial charge in [0.2, 0.25) is 5.91 Å². The third-order valence-electron chi connectivity index (χ3n) is 8.49. The first kappa shape index (κ1) is 26.7. The zero-order valence-electron chi connectivity index (χ0n) is 21.8. The van der Waals surface area contributed by atoms with Crippen molar-refractivity contribution in [2.24, 2.45) is 0 Å². The van der Waals surface area contributed by atoms with E-state index < -0.39 is 5.54 Å². The minimum absolute atomic E-state index is 0.0432. The molecule has 0 radical (unpaired) electrons. The Balaban J connectivity index is 1.35. The van der Waals surface area contributed by atoms with Crippen LogP contribution in [0.25, 0.3) is 0 Å². The maximum atomic E-state index is 13.5. The monoisotopic (exact) mass is 549 g/mol. The molecule has 0 aromatic heterocycles. The average molecular weight is 551 g/mol. The molecule has 0 unspecified atom stereocenters. The fourth-order valence-electron chi connectivity index (χ4n) is 5.96. The molecule has 7 heteroatoms. The van der Waals surface area contributed by atoms with Crippen molar-refractivity contribution in [1.82, 2.24) is 15.1 Å². The fraction of sp³-hybridized carbons (Fsp3) is 0.355. The molecule has 1 atom stereocenters. The number of hydrogen-bond donors (Lipinski definition) is 1. The van der Waals surface area contributed by atoms with E-state index >= 15 is 0 Å². The Bertz CT molecular complexity index is 1340. The number of fused-ring (bicyclic) bond motifs is 2. The largest absolute Gasteiger partial charge is 0.346 e. The van der Waals surface area contributed by atoms with Crippen molar-refractivity contribution in [2.75, 3.05) is 26.7 Å². The van der Waals surface area contributed by atoms with Crippen LogP contribution in [0, 0.1) is 0 Å². The molecule has 3 aromatic rings. The summed E-state index contributed by atoms with van der Waals surface area (Å²) in [4.78, 5) is 30.3. The summed E-state index contributed by atoms with van der Waals surface area (Å²) in [7, 11) is 1.86. The fourth-order valence-corrected chi connectivity index (χ4v) is 6.25. The van der Waals surface area contributed by atoms with Crippen molar-refractivity contribution in [2.45, 2.75) is 43.7 Å². The van der Waals surface area contributed by atoms with Crippen molar-refractivity contribution < 1.29 is 9.59 Å². The number of piperidine rings is 1. The minimum atomic E-state index is -0.609. The summed E-state index contributed by atoms with van der Waals surface area (Å²) in [5, 5.41) is 4.29. The van der Waals surface area contributed by atoms with E-state index in [2.05, 4.69) is 35.3 Å². The van der Waals surface area contributed by atoms with E-state index in [1.807, 2.05) is 60.5 Å². The summed E-state index contributed by atoms with van der Waals surface area (Å²) in [5.41, 5.74) is 3.08. The number of nitrogens with one attached hydrogen (secondary N) is 1. The highest BCUT2D eigenvalue weighted by Gasteiger charge is 2.42. The van der Waals surface area contributed by atoms with Gasteiger partial charge >= 0.3 is 0 Å². The Labute approximate surface area is 234 Å². The molecular weight excluding hydrogens is 517 g/mol. The summed E-state index contributed by atoms with van der Waals surface area (Å²) in [5.74, 6) is 0.0590. The first-order valence-corrected chi connectivity index (χ1v) is 13.9. The molecule has 5 nitrogen and oxygen atoms in total. The molecule has 2 amide bonds. The van der Waals surface area contributed by atoms with Gasteiger partial charge in [-0.1, -0.05) is 71.7 Å². The highest BCUT2D eigenvalue weighted by molar-refractivity contribution is 6.42. The minimum Gasteiger partial charge on any atom is -0.346 e. The smallest absolute Gasteiger partial charge is 0.254 e. The second-order valence-electron chi connectivity index (χ2n) is 10.7. The van der Waals surface area contributed by atoms with E-state index in [9.17, 15) is 9.59 Å². The van der Waals surface area contributed by atoms with Gasteiger partial charge in [0.25, 0.3) is 5.91 Å². The predicted molar refractivity (Wildman–Crippen MR) is 153 cm³/mol. The Hall–Kier alpha value is -2.86. The lowest BCUT2D eigenvalue weighted by atomic mass is 9.75. The molecule has 38 heavy (non-hydrogen) atoms. The third kappa shape index (κ3) is 5.07. The second kappa shape index (κ2) is 10.7. The van der Waals surface area contributed by atoms with Crippen molar-refractivity contribution in [3.63, 3.8) is 0 Å². The first-order valence-electron chi connectivity index (χ1n) is 13.1. The first-order chi connectivity index (χ1) is 18.2. The lowest BCUT2D eigenvalue weighted by Crippen LogP contribution is -2.56. The maximum Gasteiger partial charge on any atom is 0.254 e. The van der Waals surface area contributed by atoms with Gasteiger partial charge in [-0.25, -0.2) is 0 Å². The average Bonchev–Trinajstić information content (AvgIpc) is 2.93. The number of rotatable bonds is 6. The predicted octanol–water partition coefficient (Wildman–Crippen LogP) is 6.03. The number of likely N-dealkylation sites (tertiary alicyclic amines) is 1. The molecule has 0 bridgehead atoms. The van der Waals surface area contributed by atoms with Crippen LogP contribution in [0.1, 0.15) is 53.2 Å². The summed E-state index contributed by atoms with van der Waals surface area (Å²) >= 11 is 12.7. The molecule has 1 N–H and O–H groups in total. The topological polar surface area (TPSA) is 52.7 Å². The van der Waals surface area contributed by atoms with Gasteiger partial charge in [-0.2, -0.15) is 0 Å². The number of benzene rings is 3. The van der Waals surface area contributed by atoms with Crippen LogP contribution in [0.2, 0.25) is 10.0 Å². The molecule has 0 aliphatic carbocycles. The van der Waals surface area contributed by atoms with Crippen LogP contribution in [0.3, 0.4) is 0 Å². The molecule has 2 aliphatic rings. The molecule has 2 heterocycles. The molecule has 198 valence electrons. The number of carbonyl (C=O) groups is 2. The van der Waals surface area contributed by atoms with Crippen LogP contribution in [-0.4, -0.2) is 48.3 Å². The molecular formula is C31H33Cl2N3O2. The normalized spacial score (nSPS) is 18.4. The van der Waals surface area contributed by atoms with Gasteiger partial charge in [0.05, 0.1) is 27.5 Å².